The van der Waals surface area contributed by atoms with Crippen LogP contribution in [-0.2, 0) is 0 Å². The van der Waals surface area contributed by atoms with Crippen molar-refractivity contribution in [1.82, 2.24) is 9.80 Å². The molecular weight excluding hydrogens is 234 g/mol. The van der Waals surface area contributed by atoms with Crippen LogP contribution in [0.1, 0.15) is 52.4 Å². The van der Waals surface area contributed by atoms with E-state index in [2.05, 4.69) is 37.7 Å². The first kappa shape index (κ1) is 16.9. The average Bonchev–Trinajstić information content (AvgIpc) is 2.38. The Bertz CT molecular complexity index is 232. The van der Waals surface area contributed by atoms with Gasteiger partial charge in [-0.15, -0.1) is 0 Å². The predicted octanol–water partition coefficient (Wildman–Crippen LogP) is 2.56. The van der Waals surface area contributed by atoms with Crippen molar-refractivity contribution in [2.45, 2.75) is 64.5 Å². The molecule has 1 rings (SSSR count). The highest BCUT2D eigenvalue weighted by Gasteiger charge is 2.24. The lowest BCUT2D eigenvalue weighted by molar-refractivity contribution is 0.102. The number of nitrogens with two attached hydrogens (primary N) is 1. The van der Waals surface area contributed by atoms with E-state index in [0.29, 0.717) is 12.1 Å². The molecule has 3 nitrogen and oxygen atoms in total. The lowest BCUT2D eigenvalue weighted by Crippen LogP contribution is -2.51. The van der Waals surface area contributed by atoms with E-state index in [0.717, 1.165) is 12.3 Å². The maximum atomic E-state index is 6.42. The molecule has 3 heteroatoms. The molecule has 1 aliphatic heterocycles. The van der Waals surface area contributed by atoms with Crippen LogP contribution in [0.3, 0.4) is 0 Å². The van der Waals surface area contributed by atoms with Crippen LogP contribution >= 0.6 is 0 Å². The highest BCUT2D eigenvalue weighted by molar-refractivity contribution is 4.83. The number of hydrogen-bond donors (Lipinski definition) is 1. The molecule has 0 radical (unpaired) electrons. The van der Waals surface area contributed by atoms with Gasteiger partial charge in [-0.2, -0.15) is 0 Å². The molecule has 3 atom stereocenters. The molecule has 19 heavy (non-hydrogen) atoms. The third kappa shape index (κ3) is 6.24. The summed E-state index contributed by atoms with van der Waals surface area (Å²) in [6.07, 6.45) is 7.68. The van der Waals surface area contributed by atoms with Gasteiger partial charge in [-0.1, -0.05) is 39.5 Å². The predicted molar refractivity (Wildman–Crippen MR) is 84.4 cm³/mol. The van der Waals surface area contributed by atoms with Crippen molar-refractivity contribution in [1.29, 1.82) is 0 Å². The summed E-state index contributed by atoms with van der Waals surface area (Å²) in [5.74, 6) is 0.835. The fourth-order valence-corrected chi connectivity index (χ4v) is 3.21. The minimum absolute atomic E-state index is 0.376. The number of rotatable bonds is 8. The van der Waals surface area contributed by atoms with Crippen LogP contribution < -0.4 is 5.73 Å². The van der Waals surface area contributed by atoms with Gasteiger partial charge in [-0.25, -0.2) is 0 Å². The van der Waals surface area contributed by atoms with E-state index in [-0.39, 0.29) is 0 Å². The minimum atomic E-state index is 0.376. The first-order chi connectivity index (χ1) is 9.06. The van der Waals surface area contributed by atoms with Crippen LogP contribution in [0.15, 0.2) is 0 Å². The van der Waals surface area contributed by atoms with Crippen LogP contribution in [0.25, 0.3) is 0 Å². The second-order valence-corrected chi connectivity index (χ2v) is 6.54. The van der Waals surface area contributed by atoms with Gasteiger partial charge >= 0.3 is 0 Å². The van der Waals surface area contributed by atoms with E-state index in [4.69, 9.17) is 5.73 Å². The Hall–Kier alpha value is -0.120. The van der Waals surface area contributed by atoms with Gasteiger partial charge < -0.3 is 15.5 Å². The van der Waals surface area contributed by atoms with Crippen LogP contribution in [0.2, 0.25) is 0 Å². The van der Waals surface area contributed by atoms with Gasteiger partial charge in [0.15, 0.2) is 0 Å². The third-order valence-corrected chi connectivity index (χ3v) is 4.73. The number of piperazine rings is 1. The Labute approximate surface area is 120 Å². The lowest BCUT2D eigenvalue weighted by atomic mass is 9.89. The Balaban J connectivity index is 2.33. The van der Waals surface area contributed by atoms with E-state index in [9.17, 15) is 0 Å². The lowest BCUT2D eigenvalue weighted by Gasteiger charge is -2.39. The van der Waals surface area contributed by atoms with E-state index < -0.39 is 0 Å². The molecule has 3 unspecified atom stereocenters. The average molecular weight is 269 g/mol. The van der Waals surface area contributed by atoms with Crippen LogP contribution in [0.4, 0.5) is 0 Å². The van der Waals surface area contributed by atoms with Gasteiger partial charge in [-0.3, -0.25) is 0 Å². The summed E-state index contributed by atoms with van der Waals surface area (Å²) >= 11 is 0. The standard InChI is InChI=1S/C16H35N3/c1-5-7-8-14(6-2)11-15(17)12-16-13-18(3)9-10-19(16)4/h14-16H,5-13,17H2,1-4H3. The van der Waals surface area contributed by atoms with Crippen molar-refractivity contribution < 1.29 is 0 Å². The Kier molecular flexibility index (Phi) is 7.96. The first-order valence-corrected chi connectivity index (χ1v) is 8.21. The number of unbranched alkanes of at least 4 members (excludes halogenated alkanes) is 1. The molecule has 114 valence electrons. The fraction of sp³-hybridized carbons (Fsp3) is 1.00. The smallest absolute Gasteiger partial charge is 0.0235 e. The number of likely N-dealkylation sites (N-methyl/N-ethyl adjacent to an activating group) is 2. The summed E-state index contributed by atoms with van der Waals surface area (Å²) in [5.41, 5.74) is 6.42. The van der Waals surface area contributed by atoms with Gasteiger partial charge in [0.25, 0.3) is 0 Å². The van der Waals surface area contributed by atoms with E-state index in [1.54, 1.807) is 0 Å². The zero-order chi connectivity index (χ0) is 14.3. The highest BCUT2D eigenvalue weighted by atomic mass is 15.3. The maximum absolute atomic E-state index is 6.42. The molecule has 0 aromatic carbocycles. The molecule has 0 spiro atoms. The summed E-state index contributed by atoms with van der Waals surface area (Å²) in [4.78, 5) is 4.93. The van der Waals surface area contributed by atoms with E-state index in [1.807, 2.05) is 0 Å². The van der Waals surface area contributed by atoms with Crippen molar-refractivity contribution in [2.24, 2.45) is 11.7 Å². The van der Waals surface area contributed by atoms with Crippen molar-refractivity contribution in [3.8, 4) is 0 Å². The van der Waals surface area contributed by atoms with Crippen molar-refractivity contribution in [2.75, 3.05) is 33.7 Å². The zero-order valence-corrected chi connectivity index (χ0v) is 13.6. The summed E-state index contributed by atoms with van der Waals surface area (Å²) in [6.45, 7) is 8.14. The molecule has 0 aromatic rings. The summed E-state index contributed by atoms with van der Waals surface area (Å²) in [7, 11) is 4.47. The summed E-state index contributed by atoms with van der Waals surface area (Å²) < 4.78 is 0. The first-order valence-electron chi connectivity index (χ1n) is 8.21. The molecule has 0 saturated carbocycles. The maximum Gasteiger partial charge on any atom is 0.0235 e. The minimum Gasteiger partial charge on any atom is -0.328 e. The summed E-state index contributed by atoms with van der Waals surface area (Å²) in [6, 6.07) is 1.03. The molecule has 1 saturated heterocycles. The molecule has 2 N–H and O–H groups in total. The monoisotopic (exact) mass is 269 g/mol. The van der Waals surface area contributed by atoms with Crippen LogP contribution in [0.5, 0.6) is 0 Å². The molecular formula is C16H35N3. The van der Waals surface area contributed by atoms with Crippen molar-refractivity contribution >= 4 is 0 Å². The van der Waals surface area contributed by atoms with E-state index >= 15 is 0 Å². The van der Waals surface area contributed by atoms with Gasteiger partial charge in [0, 0.05) is 31.7 Å². The number of hydrogen-bond acceptors (Lipinski definition) is 3. The van der Waals surface area contributed by atoms with Crippen LogP contribution in [0, 0.1) is 5.92 Å². The Morgan fingerprint density at radius 3 is 2.58 bits per heavy atom. The van der Waals surface area contributed by atoms with Gasteiger partial charge in [0.05, 0.1) is 0 Å². The summed E-state index contributed by atoms with van der Waals surface area (Å²) in [5, 5.41) is 0. The Morgan fingerprint density at radius 1 is 1.21 bits per heavy atom. The highest BCUT2D eigenvalue weighted by Crippen LogP contribution is 2.21. The van der Waals surface area contributed by atoms with Gasteiger partial charge in [0.2, 0.25) is 0 Å². The number of nitrogens with zero attached hydrogens (tertiary/aromatic N) is 2. The van der Waals surface area contributed by atoms with E-state index in [1.165, 1.54) is 51.7 Å². The topological polar surface area (TPSA) is 32.5 Å². The molecule has 1 aliphatic rings. The Morgan fingerprint density at radius 2 is 1.95 bits per heavy atom. The normalized spacial score (nSPS) is 25.4. The molecule has 0 aliphatic carbocycles. The second kappa shape index (κ2) is 8.93. The molecule has 0 bridgehead atoms. The molecule has 0 aromatic heterocycles. The van der Waals surface area contributed by atoms with Crippen molar-refractivity contribution in [3.05, 3.63) is 0 Å². The molecule has 1 fully saturated rings. The molecule has 0 amide bonds. The quantitative estimate of drug-likeness (QED) is 0.735. The second-order valence-electron chi connectivity index (χ2n) is 6.54. The SMILES string of the molecule is CCCCC(CC)CC(N)CC1CN(C)CCN1C. The third-order valence-electron chi connectivity index (χ3n) is 4.73. The largest absolute Gasteiger partial charge is 0.328 e. The van der Waals surface area contributed by atoms with Crippen LogP contribution in [-0.4, -0.2) is 55.6 Å². The molecule has 1 heterocycles. The van der Waals surface area contributed by atoms with Crippen molar-refractivity contribution in [3.63, 3.8) is 0 Å². The van der Waals surface area contributed by atoms with Gasteiger partial charge in [-0.05, 0) is 32.9 Å². The fourth-order valence-electron chi connectivity index (χ4n) is 3.21. The zero-order valence-electron chi connectivity index (χ0n) is 13.6. The van der Waals surface area contributed by atoms with Gasteiger partial charge in [0.1, 0.15) is 0 Å².